The molecule has 1 aliphatic rings. The summed E-state index contributed by atoms with van der Waals surface area (Å²) < 4.78 is 6.52. The molecule has 0 aliphatic heterocycles. The summed E-state index contributed by atoms with van der Waals surface area (Å²) in [7, 11) is 0. The number of amides is 2. The molecular formula is C16H15BrN2O3S. The van der Waals surface area contributed by atoms with E-state index >= 15 is 0 Å². The molecule has 2 heterocycles. The maximum Gasteiger partial charge on any atom is 0.279 e. The number of carbonyl (C=O) groups is 2. The average molecular weight is 395 g/mol. The van der Waals surface area contributed by atoms with Gasteiger partial charge in [0.2, 0.25) is 0 Å². The highest BCUT2D eigenvalue weighted by molar-refractivity contribution is 9.11. The van der Waals surface area contributed by atoms with Gasteiger partial charge >= 0.3 is 0 Å². The Morgan fingerprint density at radius 2 is 2.09 bits per heavy atom. The first-order valence-electron chi connectivity index (χ1n) is 7.16. The number of carbonyl (C=O) groups excluding carboxylic acids is 2. The van der Waals surface area contributed by atoms with E-state index in [0.29, 0.717) is 22.5 Å². The Kier molecular flexibility index (Phi) is 4.68. The number of nitrogens with one attached hydrogen (secondary N) is 2. The predicted molar refractivity (Wildman–Crippen MR) is 91.9 cm³/mol. The van der Waals surface area contributed by atoms with E-state index in [1.807, 2.05) is 12.1 Å². The molecule has 23 heavy (non-hydrogen) atoms. The predicted octanol–water partition coefficient (Wildman–Crippen LogP) is 3.70. The molecule has 1 saturated carbocycles. The molecule has 2 unspecified atom stereocenters. The van der Waals surface area contributed by atoms with Gasteiger partial charge in [0.1, 0.15) is 11.5 Å². The minimum Gasteiger partial charge on any atom is -0.461 e. The summed E-state index contributed by atoms with van der Waals surface area (Å²) in [6.07, 6.45) is 4.06. The molecule has 2 atom stereocenters. The summed E-state index contributed by atoms with van der Waals surface area (Å²) in [4.78, 5) is 24.0. The van der Waals surface area contributed by atoms with E-state index in [-0.39, 0.29) is 5.91 Å². The molecule has 0 spiro atoms. The number of hydrogen-bond acceptors (Lipinski definition) is 4. The SMILES string of the molecule is CC1CC1c1ccc(/C=C/C(=O)NNC(=O)c2ccc(Br)s2)o1. The summed E-state index contributed by atoms with van der Waals surface area (Å²) in [5, 5.41) is 0. The lowest BCUT2D eigenvalue weighted by molar-refractivity contribution is -0.117. The first-order chi connectivity index (χ1) is 11.0. The van der Waals surface area contributed by atoms with Crippen molar-refractivity contribution < 1.29 is 14.0 Å². The van der Waals surface area contributed by atoms with Crippen molar-refractivity contribution in [1.82, 2.24) is 10.9 Å². The monoisotopic (exact) mass is 394 g/mol. The minimum absolute atomic E-state index is 0.356. The molecule has 1 fully saturated rings. The summed E-state index contributed by atoms with van der Waals surface area (Å²) in [5.74, 6) is 2.00. The van der Waals surface area contributed by atoms with Crippen molar-refractivity contribution in [2.24, 2.45) is 5.92 Å². The van der Waals surface area contributed by atoms with E-state index in [4.69, 9.17) is 4.42 Å². The Bertz CT molecular complexity index is 765. The molecule has 0 saturated heterocycles. The number of halogens is 1. The summed E-state index contributed by atoms with van der Waals surface area (Å²) in [6.45, 7) is 2.19. The second-order valence-corrected chi connectivity index (χ2v) is 7.90. The van der Waals surface area contributed by atoms with Crippen LogP contribution in [0.2, 0.25) is 0 Å². The van der Waals surface area contributed by atoms with Crippen molar-refractivity contribution in [3.8, 4) is 0 Å². The van der Waals surface area contributed by atoms with Crippen LogP contribution in [0, 0.1) is 5.92 Å². The zero-order valence-electron chi connectivity index (χ0n) is 12.3. The van der Waals surface area contributed by atoms with Crippen molar-refractivity contribution in [3.05, 3.63) is 50.5 Å². The van der Waals surface area contributed by atoms with E-state index in [1.165, 1.54) is 17.4 Å². The van der Waals surface area contributed by atoms with Crippen LogP contribution in [0.1, 0.15) is 40.5 Å². The Morgan fingerprint density at radius 1 is 1.30 bits per heavy atom. The van der Waals surface area contributed by atoms with Crippen LogP contribution in [-0.2, 0) is 4.79 Å². The molecule has 5 nitrogen and oxygen atoms in total. The van der Waals surface area contributed by atoms with Crippen molar-refractivity contribution in [2.75, 3.05) is 0 Å². The highest BCUT2D eigenvalue weighted by Crippen LogP contribution is 2.47. The second kappa shape index (κ2) is 6.72. The number of hydrogen-bond donors (Lipinski definition) is 2. The van der Waals surface area contributed by atoms with Crippen molar-refractivity contribution in [3.63, 3.8) is 0 Å². The van der Waals surface area contributed by atoms with Crippen LogP contribution in [0.5, 0.6) is 0 Å². The smallest absolute Gasteiger partial charge is 0.279 e. The van der Waals surface area contributed by atoms with Crippen LogP contribution in [-0.4, -0.2) is 11.8 Å². The Morgan fingerprint density at radius 3 is 2.74 bits per heavy atom. The van der Waals surface area contributed by atoms with Crippen LogP contribution < -0.4 is 10.9 Å². The van der Waals surface area contributed by atoms with E-state index in [9.17, 15) is 9.59 Å². The fourth-order valence-corrected chi connectivity index (χ4v) is 3.47. The van der Waals surface area contributed by atoms with Crippen LogP contribution in [0.25, 0.3) is 6.08 Å². The summed E-state index contributed by atoms with van der Waals surface area (Å²) in [5.41, 5.74) is 4.69. The van der Waals surface area contributed by atoms with Gasteiger partial charge in [0.25, 0.3) is 11.8 Å². The molecule has 1 aliphatic carbocycles. The topological polar surface area (TPSA) is 71.3 Å². The molecule has 7 heteroatoms. The Balaban J connectivity index is 1.49. The van der Waals surface area contributed by atoms with Crippen molar-refractivity contribution in [2.45, 2.75) is 19.3 Å². The molecule has 3 rings (SSSR count). The lowest BCUT2D eigenvalue weighted by Gasteiger charge is -2.02. The van der Waals surface area contributed by atoms with Gasteiger partial charge in [0.05, 0.1) is 8.66 Å². The van der Waals surface area contributed by atoms with Crippen LogP contribution in [0.4, 0.5) is 0 Å². The quantitative estimate of drug-likeness (QED) is 0.613. The second-order valence-electron chi connectivity index (χ2n) is 5.44. The highest BCUT2D eigenvalue weighted by Gasteiger charge is 2.36. The Labute approximate surface area is 145 Å². The fourth-order valence-electron chi connectivity index (χ4n) is 2.19. The molecule has 120 valence electrons. The summed E-state index contributed by atoms with van der Waals surface area (Å²) >= 11 is 4.57. The van der Waals surface area contributed by atoms with Gasteiger partial charge in [-0.15, -0.1) is 11.3 Å². The van der Waals surface area contributed by atoms with Crippen LogP contribution in [0.15, 0.2) is 38.5 Å². The van der Waals surface area contributed by atoms with Gasteiger partial charge in [0.15, 0.2) is 0 Å². The van der Waals surface area contributed by atoms with Gasteiger partial charge in [0, 0.05) is 12.0 Å². The normalized spacial score (nSPS) is 19.7. The maximum absolute atomic E-state index is 11.8. The van der Waals surface area contributed by atoms with E-state index < -0.39 is 5.91 Å². The minimum atomic E-state index is -0.424. The van der Waals surface area contributed by atoms with Gasteiger partial charge in [-0.05, 0) is 58.6 Å². The zero-order chi connectivity index (χ0) is 16.4. The first-order valence-corrected chi connectivity index (χ1v) is 8.77. The molecular weight excluding hydrogens is 380 g/mol. The number of furan rings is 1. The third kappa shape index (κ3) is 4.11. The number of thiophene rings is 1. The van der Waals surface area contributed by atoms with Gasteiger partial charge in [-0.25, -0.2) is 0 Å². The third-order valence-electron chi connectivity index (χ3n) is 3.62. The molecule has 2 aromatic rings. The third-order valence-corrected chi connectivity index (χ3v) is 5.24. The lowest BCUT2D eigenvalue weighted by atomic mass is 10.3. The van der Waals surface area contributed by atoms with Gasteiger partial charge < -0.3 is 4.42 Å². The van der Waals surface area contributed by atoms with Gasteiger partial charge in [-0.3, -0.25) is 20.4 Å². The van der Waals surface area contributed by atoms with E-state index in [1.54, 1.807) is 18.2 Å². The molecule has 2 amide bonds. The molecule has 0 radical (unpaired) electrons. The van der Waals surface area contributed by atoms with E-state index in [2.05, 4.69) is 33.7 Å². The standard InChI is InChI=1S/C16H15BrN2O3S/c1-9-8-11(9)12-4-2-10(22-12)3-7-15(20)18-19-16(21)13-5-6-14(17)23-13/h2-7,9,11H,8H2,1H3,(H,18,20)(H,19,21)/b7-3+. The largest absolute Gasteiger partial charge is 0.461 e. The molecule has 2 aromatic heterocycles. The van der Waals surface area contributed by atoms with Crippen molar-refractivity contribution >= 4 is 45.2 Å². The summed E-state index contributed by atoms with van der Waals surface area (Å²) in [6, 6.07) is 7.24. The number of rotatable bonds is 4. The van der Waals surface area contributed by atoms with Gasteiger partial charge in [-0.1, -0.05) is 6.92 Å². The van der Waals surface area contributed by atoms with Crippen molar-refractivity contribution in [1.29, 1.82) is 0 Å². The zero-order valence-corrected chi connectivity index (χ0v) is 14.7. The average Bonchev–Trinajstić information content (AvgIpc) is 2.94. The highest BCUT2D eigenvalue weighted by atomic mass is 79.9. The van der Waals surface area contributed by atoms with E-state index in [0.717, 1.165) is 16.0 Å². The Hall–Kier alpha value is -1.86. The number of hydrazine groups is 1. The first kappa shape index (κ1) is 16.0. The van der Waals surface area contributed by atoms with Crippen LogP contribution >= 0.6 is 27.3 Å². The fraction of sp³-hybridized carbons (Fsp3) is 0.250. The molecule has 0 aromatic carbocycles. The van der Waals surface area contributed by atoms with Crippen LogP contribution in [0.3, 0.4) is 0 Å². The van der Waals surface area contributed by atoms with Gasteiger partial charge in [-0.2, -0.15) is 0 Å². The molecule has 0 bridgehead atoms. The lowest BCUT2D eigenvalue weighted by Crippen LogP contribution is -2.40. The molecule has 2 N–H and O–H groups in total. The maximum atomic E-state index is 11.8.